The van der Waals surface area contributed by atoms with Crippen molar-refractivity contribution in [1.82, 2.24) is 4.98 Å². The van der Waals surface area contributed by atoms with Gasteiger partial charge in [-0.05, 0) is 11.6 Å². The summed E-state index contributed by atoms with van der Waals surface area (Å²) in [6.45, 7) is 0. The van der Waals surface area contributed by atoms with Gasteiger partial charge < -0.3 is 0 Å². The van der Waals surface area contributed by atoms with Crippen LogP contribution in [0.4, 0.5) is 0 Å². The van der Waals surface area contributed by atoms with E-state index in [1.807, 2.05) is 17.6 Å². The minimum absolute atomic E-state index is 0.967. The van der Waals surface area contributed by atoms with E-state index in [2.05, 4.69) is 39.1 Å². The molecule has 0 bridgehead atoms. The Hall–Kier alpha value is -0.320. The highest BCUT2D eigenvalue weighted by Gasteiger charge is 2.01. The zero-order valence-corrected chi connectivity index (χ0v) is 10.5. The van der Waals surface area contributed by atoms with Crippen LogP contribution in [0.5, 0.6) is 0 Å². The van der Waals surface area contributed by atoms with Gasteiger partial charge in [-0.25, -0.2) is 4.98 Å². The van der Waals surface area contributed by atoms with E-state index in [-0.39, 0.29) is 0 Å². The van der Waals surface area contributed by atoms with E-state index in [1.165, 1.54) is 10.0 Å². The van der Waals surface area contributed by atoms with E-state index in [4.69, 9.17) is 0 Å². The molecule has 4 heteroatoms. The smallest absolute Gasteiger partial charge is 0.150 e. The summed E-state index contributed by atoms with van der Waals surface area (Å²) in [5, 5.41) is 2.00. The monoisotopic (exact) mass is 285 g/mol. The zero-order valence-electron chi connectivity index (χ0n) is 7.31. The summed E-state index contributed by atoms with van der Waals surface area (Å²) in [7, 11) is 0. The minimum atomic E-state index is 0.967. The zero-order chi connectivity index (χ0) is 9.80. The van der Waals surface area contributed by atoms with Crippen molar-refractivity contribution < 1.29 is 0 Å². The van der Waals surface area contributed by atoms with Crippen molar-refractivity contribution in [3.8, 4) is 0 Å². The number of thiazole rings is 1. The van der Waals surface area contributed by atoms with Gasteiger partial charge in [-0.3, -0.25) is 0 Å². The summed E-state index contributed by atoms with van der Waals surface area (Å²) in [5.74, 6) is 0.967. The third-order valence-corrected chi connectivity index (χ3v) is 4.51. The van der Waals surface area contributed by atoms with Gasteiger partial charge in [-0.2, -0.15) is 0 Å². The molecule has 0 fully saturated rings. The number of aromatic nitrogens is 1. The number of benzene rings is 1. The molecule has 0 aliphatic rings. The van der Waals surface area contributed by atoms with Gasteiger partial charge in [0, 0.05) is 21.8 Å². The van der Waals surface area contributed by atoms with Crippen LogP contribution >= 0.6 is 39.0 Å². The fourth-order valence-electron chi connectivity index (χ4n) is 1.04. The van der Waals surface area contributed by atoms with Crippen molar-refractivity contribution in [1.29, 1.82) is 0 Å². The predicted octanol–water partition coefficient (Wildman–Crippen LogP) is 4.20. The van der Waals surface area contributed by atoms with Gasteiger partial charge in [0.25, 0.3) is 0 Å². The van der Waals surface area contributed by atoms with Crippen LogP contribution in [0, 0.1) is 0 Å². The number of thioether (sulfide) groups is 1. The first-order chi connectivity index (χ1) is 6.86. The number of rotatable bonds is 3. The van der Waals surface area contributed by atoms with E-state index in [0.29, 0.717) is 0 Å². The summed E-state index contributed by atoms with van der Waals surface area (Å²) in [6.07, 6.45) is 1.84. The van der Waals surface area contributed by atoms with Crippen LogP contribution in [0.1, 0.15) is 5.56 Å². The first kappa shape index (κ1) is 10.2. The molecule has 0 saturated heterocycles. The van der Waals surface area contributed by atoms with Crippen LogP contribution in [-0.4, -0.2) is 4.98 Å². The van der Waals surface area contributed by atoms with E-state index >= 15 is 0 Å². The van der Waals surface area contributed by atoms with Crippen LogP contribution in [0.15, 0.2) is 44.7 Å². The molecule has 0 aliphatic heterocycles. The Kier molecular flexibility index (Phi) is 3.61. The van der Waals surface area contributed by atoms with Crippen molar-refractivity contribution in [3.63, 3.8) is 0 Å². The van der Waals surface area contributed by atoms with Crippen LogP contribution in [0.2, 0.25) is 0 Å². The third-order valence-electron chi connectivity index (χ3n) is 1.72. The highest BCUT2D eigenvalue weighted by Crippen LogP contribution is 2.27. The molecule has 0 radical (unpaired) electrons. The maximum Gasteiger partial charge on any atom is 0.150 e. The van der Waals surface area contributed by atoms with Gasteiger partial charge in [-0.15, -0.1) is 11.3 Å². The van der Waals surface area contributed by atoms with Crippen molar-refractivity contribution >= 4 is 39.0 Å². The van der Waals surface area contributed by atoms with Crippen LogP contribution in [-0.2, 0) is 5.75 Å². The minimum Gasteiger partial charge on any atom is -0.238 e. The van der Waals surface area contributed by atoms with Gasteiger partial charge in [0.1, 0.15) is 4.34 Å². The quantitative estimate of drug-likeness (QED) is 0.784. The fraction of sp³-hybridized carbons (Fsp3) is 0.100. The fourth-order valence-corrected chi connectivity index (χ4v) is 3.29. The Morgan fingerprint density at radius 1 is 1.36 bits per heavy atom. The number of nitrogens with zero attached hydrogens (tertiary/aromatic N) is 1. The molecule has 0 spiro atoms. The summed E-state index contributed by atoms with van der Waals surface area (Å²) in [6, 6.07) is 8.28. The average molecular weight is 286 g/mol. The lowest BCUT2D eigenvalue weighted by molar-refractivity contribution is 1.24. The molecule has 0 amide bonds. The van der Waals surface area contributed by atoms with Gasteiger partial charge in [0.15, 0.2) is 0 Å². The Labute approximate surface area is 99.7 Å². The van der Waals surface area contributed by atoms with Crippen LogP contribution in [0.25, 0.3) is 0 Å². The second kappa shape index (κ2) is 4.96. The van der Waals surface area contributed by atoms with Gasteiger partial charge in [0.2, 0.25) is 0 Å². The van der Waals surface area contributed by atoms with Crippen molar-refractivity contribution in [2.24, 2.45) is 0 Å². The molecule has 72 valence electrons. The van der Waals surface area contributed by atoms with Gasteiger partial charge in [-0.1, -0.05) is 45.9 Å². The Bertz CT molecular complexity index is 400. The average Bonchev–Trinajstić information content (AvgIpc) is 2.69. The normalized spacial score (nSPS) is 10.4. The molecule has 1 aromatic heterocycles. The third kappa shape index (κ3) is 2.59. The first-order valence-corrected chi connectivity index (χ1v) is 6.78. The lowest BCUT2D eigenvalue weighted by atomic mass is 10.2. The van der Waals surface area contributed by atoms with Crippen molar-refractivity contribution in [2.45, 2.75) is 10.1 Å². The summed E-state index contributed by atoms with van der Waals surface area (Å²) >= 11 is 6.99. The largest absolute Gasteiger partial charge is 0.238 e. The van der Waals surface area contributed by atoms with Crippen molar-refractivity contribution in [3.05, 3.63) is 45.9 Å². The standard InChI is InChI=1S/C10H8BrNS2/c11-9-4-2-1-3-8(9)7-14-10-12-5-6-13-10/h1-6H,7H2. The molecule has 2 aromatic rings. The molecule has 0 aliphatic carbocycles. The SMILES string of the molecule is Brc1ccccc1CSc1nccs1. The number of hydrogen-bond donors (Lipinski definition) is 0. The second-order valence-electron chi connectivity index (χ2n) is 2.68. The molecule has 0 unspecified atom stereocenters. The predicted molar refractivity (Wildman–Crippen MR) is 65.8 cm³/mol. The topological polar surface area (TPSA) is 12.9 Å². The number of halogens is 1. The molecular formula is C10H8BrNS2. The van der Waals surface area contributed by atoms with Gasteiger partial charge >= 0.3 is 0 Å². The molecule has 1 aromatic carbocycles. The summed E-state index contributed by atoms with van der Waals surface area (Å²) in [4.78, 5) is 4.23. The van der Waals surface area contributed by atoms with Crippen molar-refractivity contribution in [2.75, 3.05) is 0 Å². The lowest BCUT2D eigenvalue weighted by Crippen LogP contribution is -1.81. The Morgan fingerprint density at radius 2 is 2.21 bits per heavy atom. The second-order valence-corrected chi connectivity index (χ2v) is 5.65. The molecule has 14 heavy (non-hydrogen) atoms. The Morgan fingerprint density at radius 3 is 2.93 bits per heavy atom. The lowest BCUT2D eigenvalue weighted by Gasteiger charge is -2.01. The van der Waals surface area contributed by atoms with E-state index < -0.39 is 0 Å². The van der Waals surface area contributed by atoms with E-state index in [9.17, 15) is 0 Å². The summed E-state index contributed by atoms with van der Waals surface area (Å²) in [5.41, 5.74) is 1.31. The molecule has 0 atom stereocenters. The first-order valence-electron chi connectivity index (χ1n) is 4.12. The molecule has 0 N–H and O–H groups in total. The molecule has 1 heterocycles. The highest BCUT2D eigenvalue weighted by atomic mass is 79.9. The van der Waals surface area contributed by atoms with Crippen LogP contribution in [0.3, 0.4) is 0 Å². The maximum atomic E-state index is 4.23. The Balaban J connectivity index is 2.02. The molecule has 2 rings (SSSR count). The summed E-state index contributed by atoms with van der Waals surface area (Å²) < 4.78 is 2.30. The molecule has 1 nitrogen and oxygen atoms in total. The van der Waals surface area contributed by atoms with E-state index in [0.717, 1.165) is 10.1 Å². The van der Waals surface area contributed by atoms with Gasteiger partial charge in [0.05, 0.1) is 0 Å². The van der Waals surface area contributed by atoms with E-state index in [1.54, 1.807) is 23.1 Å². The molecular weight excluding hydrogens is 278 g/mol. The number of hydrogen-bond acceptors (Lipinski definition) is 3. The maximum absolute atomic E-state index is 4.23. The molecule has 0 saturated carbocycles. The highest BCUT2D eigenvalue weighted by molar-refractivity contribution is 9.10. The van der Waals surface area contributed by atoms with Crippen LogP contribution < -0.4 is 0 Å².